The van der Waals surface area contributed by atoms with E-state index in [9.17, 15) is 0 Å². The van der Waals surface area contributed by atoms with Crippen molar-refractivity contribution in [2.24, 2.45) is 10.2 Å². The van der Waals surface area contributed by atoms with Gasteiger partial charge in [0.1, 0.15) is 0 Å². The first-order chi connectivity index (χ1) is 3.43. The van der Waals surface area contributed by atoms with Crippen LogP contribution in [0.15, 0.2) is 22.5 Å². The second-order valence-corrected chi connectivity index (χ2v) is 1.15. The summed E-state index contributed by atoms with van der Waals surface area (Å²) in [5, 5.41) is 15.1. The Morgan fingerprint density at radius 1 is 1.71 bits per heavy atom. The van der Waals surface area contributed by atoms with E-state index in [2.05, 4.69) is 10.2 Å². The van der Waals surface area contributed by atoms with E-state index in [-0.39, 0.29) is 6.04 Å². The summed E-state index contributed by atoms with van der Waals surface area (Å²) in [6.07, 6.45) is 3.16. The number of rotatable bonds is 0. The summed E-state index contributed by atoms with van der Waals surface area (Å²) in [4.78, 5) is 0. The third-order valence-corrected chi connectivity index (χ3v) is 0.658. The summed E-state index contributed by atoms with van der Waals surface area (Å²) in [5.74, 6) is 0. The molecule has 0 aliphatic carbocycles. The van der Waals surface area contributed by atoms with Crippen LogP contribution in [0.3, 0.4) is 0 Å². The standard InChI is InChI=1S/C4H3N3/c5-3-4-1-2-6-7-4/h1-2,4H. The number of hydrogen-bond acceptors (Lipinski definition) is 3. The van der Waals surface area contributed by atoms with Crippen LogP contribution in [0.2, 0.25) is 0 Å². The fourth-order valence-corrected chi connectivity index (χ4v) is 0.338. The van der Waals surface area contributed by atoms with Gasteiger partial charge in [0.25, 0.3) is 0 Å². The first-order valence-electron chi connectivity index (χ1n) is 1.90. The fraction of sp³-hybridized carbons (Fsp3) is 0.250. The van der Waals surface area contributed by atoms with Gasteiger partial charge in [0, 0.05) is 6.20 Å². The van der Waals surface area contributed by atoms with Gasteiger partial charge < -0.3 is 0 Å². The number of nitrogens with zero attached hydrogens (tertiary/aromatic N) is 3. The van der Waals surface area contributed by atoms with E-state index in [0.717, 1.165) is 0 Å². The zero-order valence-corrected chi connectivity index (χ0v) is 3.57. The maximum absolute atomic E-state index is 8.11. The smallest absolute Gasteiger partial charge is 0.177 e. The monoisotopic (exact) mass is 93.0 g/mol. The Balaban J connectivity index is 2.65. The molecule has 0 aromatic carbocycles. The summed E-state index contributed by atoms with van der Waals surface area (Å²) in [7, 11) is 0. The summed E-state index contributed by atoms with van der Waals surface area (Å²) in [6, 6.07) is 1.60. The zero-order chi connectivity index (χ0) is 5.11. The van der Waals surface area contributed by atoms with Gasteiger partial charge in [0.05, 0.1) is 6.07 Å². The molecule has 0 fully saturated rings. The Bertz CT molecular complexity index is 139. The highest BCUT2D eigenvalue weighted by Gasteiger charge is 2.00. The van der Waals surface area contributed by atoms with Crippen LogP contribution in [0.25, 0.3) is 0 Å². The maximum Gasteiger partial charge on any atom is 0.177 e. The van der Waals surface area contributed by atoms with Gasteiger partial charge in [-0.25, -0.2) is 0 Å². The molecule has 7 heavy (non-hydrogen) atoms. The molecule has 1 unspecified atom stereocenters. The Morgan fingerprint density at radius 3 is 2.86 bits per heavy atom. The van der Waals surface area contributed by atoms with Crippen LogP contribution in [0.4, 0.5) is 0 Å². The van der Waals surface area contributed by atoms with E-state index in [1.165, 1.54) is 6.20 Å². The van der Waals surface area contributed by atoms with Crippen molar-refractivity contribution in [2.75, 3.05) is 0 Å². The van der Waals surface area contributed by atoms with E-state index in [1.54, 1.807) is 6.08 Å². The molecule has 3 nitrogen and oxygen atoms in total. The molecule has 0 aromatic heterocycles. The largest absolute Gasteiger partial charge is 0.195 e. The lowest BCUT2D eigenvalue weighted by Gasteiger charge is -1.77. The maximum atomic E-state index is 8.11. The van der Waals surface area contributed by atoms with Gasteiger partial charge in [0.15, 0.2) is 6.04 Å². The first kappa shape index (κ1) is 4.00. The molecule has 3 heteroatoms. The first-order valence-corrected chi connectivity index (χ1v) is 1.90. The van der Waals surface area contributed by atoms with Gasteiger partial charge in [-0.05, 0) is 6.08 Å². The van der Waals surface area contributed by atoms with Gasteiger partial charge in [-0.15, -0.1) is 0 Å². The van der Waals surface area contributed by atoms with Crippen molar-refractivity contribution in [1.82, 2.24) is 0 Å². The van der Waals surface area contributed by atoms with E-state index >= 15 is 0 Å². The molecule has 1 heterocycles. The second-order valence-electron chi connectivity index (χ2n) is 1.15. The molecule has 0 bridgehead atoms. The molecular weight excluding hydrogens is 90.1 g/mol. The average Bonchev–Trinajstić information content (AvgIpc) is 2.14. The quantitative estimate of drug-likeness (QED) is 0.438. The molecule has 0 spiro atoms. The Kier molecular flexibility index (Phi) is 0.868. The van der Waals surface area contributed by atoms with Crippen LogP contribution in [-0.4, -0.2) is 6.04 Å². The van der Waals surface area contributed by atoms with Gasteiger partial charge in [-0.1, -0.05) is 0 Å². The molecule has 1 atom stereocenters. The van der Waals surface area contributed by atoms with E-state index < -0.39 is 0 Å². The molecule has 0 aromatic rings. The SMILES string of the molecule is N#CC1C=CN=N1. The number of nitriles is 1. The minimum atomic E-state index is -0.319. The highest BCUT2D eigenvalue weighted by molar-refractivity contribution is 5.08. The highest BCUT2D eigenvalue weighted by atomic mass is 15.1. The normalized spacial score (nSPS) is 25.3. The Morgan fingerprint density at radius 2 is 2.57 bits per heavy atom. The molecule has 1 aliphatic rings. The molecule has 0 saturated carbocycles. The Labute approximate surface area is 41.0 Å². The predicted octanol–water partition coefficient (Wildman–Crippen LogP) is 0.858. The molecule has 0 amide bonds. The topological polar surface area (TPSA) is 48.5 Å². The molecule has 1 rings (SSSR count). The molecule has 0 radical (unpaired) electrons. The summed E-state index contributed by atoms with van der Waals surface area (Å²) < 4.78 is 0. The zero-order valence-electron chi connectivity index (χ0n) is 3.57. The lowest BCUT2D eigenvalue weighted by Crippen LogP contribution is -1.87. The molecular formula is C4H3N3. The van der Waals surface area contributed by atoms with Crippen LogP contribution in [0.5, 0.6) is 0 Å². The van der Waals surface area contributed by atoms with Crippen molar-refractivity contribution >= 4 is 0 Å². The van der Waals surface area contributed by atoms with Crippen LogP contribution in [0, 0.1) is 11.3 Å². The second kappa shape index (κ2) is 1.52. The molecule has 0 N–H and O–H groups in total. The van der Waals surface area contributed by atoms with Gasteiger partial charge in [0.2, 0.25) is 0 Å². The Hall–Kier alpha value is -1.17. The minimum Gasteiger partial charge on any atom is -0.195 e. The lowest BCUT2D eigenvalue weighted by atomic mass is 10.4. The fourth-order valence-electron chi connectivity index (χ4n) is 0.338. The van der Waals surface area contributed by atoms with Crippen molar-refractivity contribution in [3.05, 3.63) is 12.3 Å². The highest BCUT2D eigenvalue weighted by Crippen LogP contribution is 1.99. The number of hydrogen-bond donors (Lipinski definition) is 0. The van der Waals surface area contributed by atoms with Crippen molar-refractivity contribution < 1.29 is 0 Å². The minimum absolute atomic E-state index is 0.319. The molecule has 0 saturated heterocycles. The van der Waals surface area contributed by atoms with Crippen LogP contribution in [0.1, 0.15) is 0 Å². The molecule has 1 aliphatic heterocycles. The van der Waals surface area contributed by atoms with Crippen molar-refractivity contribution in [3.63, 3.8) is 0 Å². The van der Waals surface area contributed by atoms with Gasteiger partial charge in [-0.2, -0.15) is 15.5 Å². The van der Waals surface area contributed by atoms with E-state index in [1.807, 2.05) is 6.07 Å². The molecule has 34 valence electrons. The van der Waals surface area contributed by atoms with E-state index in [4.69, 9.17) is 5.26 Å². The summed E-state index contributed by atoms with van der Waals surface area (Å²) in [5.41, 5.74) is 0. The third kappa shape index (κ3) is 0.631. The van der Waals surface area contributed by atoms with Gasteiger partial charge in [-0.3, -0.25) is 0 Å². The third-order valence-electron chi connectivity index (χ3n) is 0.658. The van der Waals surface area contributed by atoms with Crippen molar-refractivity contribution in [3.8, 4) is 6.07 Å². The summed E-state index contributed by atoms with van der Waals surface area (Å²) >= 11 is 0. The van der Waals surface area contributed by atoms with Crippen LogP contribution in [-0.2, 0) is 0 Å². The number of azo groups is 1. The van der Waals surface area contributed by atoms with Crippen LogP contribution < -0.4 is 0 Å². The van der Waals surface area contributed by atoms with E-state index in [0.29, 0.717) is 0 Å². The van der Waals surface area contributed by atoms with Crippen molar-refractivity contribution in [1.29, 1.82) is 5.26 Å². The van der Waals surface area contributed by atoms with Crippen LogP contribution >= 0.6 is 0 Å². The lowest BCUT2D eigenvalue weighted by molar-refractivity contribution is 0.990. The summed E-state index contributed by atoms with van der Waals surface area (Å²) in [6.45, 7) is 0. The van der Waals surface area contributed by atoms with Gasteiger partial charge >= 0.3 is 0 Å². The van der Waals surface area contributed by atoms with Crippen molar-refractivity contribution in [2.45, 2.75) is 6.04 Å². The average molecular weight is 93.1 g/mol. The predicted molar refractivity (Wildman–Crippen MR) is 23.4 cm³/mol.